The molecule has 3 aromatic rings. The van der Waals surface area contributed by atoms with Crippen molar-refractivity contribution in [3.05, 3.63) is 52.3 Å². The maximum atomic E-state index is 9.69. The molecule has 0 radical (unpaired) electrons. The summed E-state index contributed by atoms with van der Waals surface area (Å²) in [6.45, 7) is 2.45. The summed E-state index contributed by atoms with van der Waals surface area (Å²) in [5.74, 6) is 1.88. The first-order valence-electron chi connectivity index (χ1n) is 8.13. The van der Waals surface area contributed by atoms with Crippen LogP contribution in [0.25, 0.3) is 22.7 Å². The first-order valence-corrected chi connectivity index (χ1v) is 8.92. The summed E-state index contributed by atoms with van der Waals surface area (Å²) in [6.07, 6.45) is 1.80. The number of nitrogens with zero attached hydrogens (tertiary/aromatic N) is 3. The van der Waals surface area contributed by atoms with Gasteiger partial charge in [-0.3, -0.25) is 0 Å². The van der Waals surface area contributed by atoms with E-state index < -0.39 is 0 Å². The molecular weight excluding hydrogens is 394 g/mol. The summed E-state index contributed by atoms with van der Waals surface area (Å²) >= 11 is 3.51. The Morgan fingerprint density at radius 1 is 1.35 bits per heavy atom. The fraction of sp³-hybridized carbons (Fsp3) is 0.200. The Morgan fingerprint density at radius 2 is 2.12 bits per heavy atom. The van der Waals surface area contributed by atoms with Crippen LogP contribution in [-0.4, -0.2) is 23.3 Å². The number of nitriles is 1. The van der Waals surface area contributed by atoms with Crippen LogP contribution in [0.2, 0.25) is 0 Å². The number of ether oxygens (including phenoxy) is 2. The number of hydrogen-bond donors (Lipinski definition) is 0. The van der Waals surface area contributed by atoms with Gasteiger partial charge in [0.2, 0.25) is 0 Å². The molecule has 0 saturated carbocycles. The van der Waals surface area contributed by atoms with Crippen molar-refractivity contribution in [2.75, 3.05) is 13.7 Å². The van der Waals surface area contributed by atoms with Crippen molar-refractivity contribution in [2.24, 2.45) is 7.05 Å². The predicted molar refractivity (Wildman–Crippen MR) is 106 cm³/mol. The highest BCUT2D eigenvalue weighted by Gasteiger charge is 2.14. The predicted octanol–water partition coefficient (Wildman–Crippen LogP) is 4.81. The molecule has 0 saturated heterocycles. The van der Waals surface area contributed by atoms with E-state index in [0.29, 0.717) is 29.5 Å². The van der Waals surface area contributed by atoms with Crippen molar-refractivity contribution in [3.8, 4) is 17.6 Å². The van der Waals surface area contributed by atoms with Crippen LogP contribution in [-0.2, 0) is 7.05 Å². The van der Waals surface area contributed by atoms with E-state index in [-0.39, 0.29) is 0 Å². The molecule has 0 aliphatic carbocycles. The van der Waals surface area contributed by atoms with Gasteiger partial charge in [0.25, 0.3) is 0 Å². The van der Waals surface area contributed by atoms with Gasteiger partial charge in [-0.1, -0.05) is 12.1 Å². The fourth-order valence-electron chi connectivity index (χ4n) is 2.81. The van der Waals surface area contributed by atoms with E-state index >= 15 is 0 Å². The Hall–Kier alpha value is -2.78. The molecule has 26 heavy (non-hydrogen) atoms. The zero-order valence-corrected chi connectivity index (χ0v) is 16.4. The number of rotatable bonds is 5. The van der Waals surface area contributed by atoms with Crippen molar-refractivity contribution in [1.82, 2.24) is 9.55 Å². The molecule has 6 heteroatoms. The van der Waals surface area contributed by atoms with Gasteiger partial charge in [-0.25, -0.2) is 4.98 Å². The first kappa shape index (κ1) is 18.0. The molecule has 1 aromatic heterocycles. The molecule has 1 heterocycles. The fourth-order valence-corrected chi connectivity index (χ4v) is 3.38. The van der Waals surface area contributed by atoms with E-state index in [4.69, 9.17) is 9.47 Å². The average molecular weight is 412 g/mol. The van der Waals surface area contributed by atoms with Gasteiger partial charge < -0.3 is 14.0 Å². The number of hydrogen-bond acceptors (Lipinski definition) is 4. The topological polar surface area (TPSA) is 60.1 Å². The molecule has 0 aliphatic heterocycles. The lowest BCUT2D eigenvalue weighted by molar-refractivity contribution is 0.309. The third-order valence-electron chi connectivity index (χ3n) is 4.00. The Morgan fingerprint density at radius 3 is 2.77 bits per heavy atom. The second kappa shape index (κ2) is 7.63. The molecule has 3 rings (SSSR count). The molecule has 5 nitrogen and oxygen atoms in total. The van der Waals surface area contributed by atoms with E-state index in [1.54, 1.807) is 13.2 Å². The van der Waals surface area contributed by atoms with Gasteiger partial charge in [0.15, 0.2) is 17.3 Å². The van der Waals surface area contributed by atoms with Crippen LogP contribution in [0.5, 0.6) is 11.5 Å². The molecule has 0 fully saturated rings. The maximum Gasteiger partial charge on any atom is 0.175 e. The zero-order valence-electron chi connectivity index (χ0n) is 14.8. The molecule has 132 valence electrons. The lowest BCUT2D eigenvalue weighted by atomic mass is 10.1. The van der Waals surface area contributed by atoms with E-state index in [2.05, 4.69) is 27.0 Å². The number of benzene rings is 2. The minimum absolute atomic E-state index is 0.474. The minimum atomic E-state index is 0.474. The maximum absolute atomic E-state index is 9.69. The van der Waals surface area contributed by atoms with E-state index in [1.807, 2.05) is 54.9 Å². The van der Waals surface area contributed by atoms with Gasteiger partial charge in [-0.2, -0.15) is 5.26 Å². The van der Waals surface area contributed by atoms with Gasteiger partial charge in [0, 0.05) is 7.05 Å². The Balaban J connectivity index is 2.11. The van der Waals surface area contributed by atoms with Gasteiger partial charge in [-0.15, -0.1) is 0 Å². The highest BCUT2D eigenvalue weighted by Crippen LogP contribution is 2.37. The van der Waals surface area contributed by atoms with Crippen LogP contribution in [0.15, 0.2) is 40.9 Å². The number of methoxy groups -OCH3 is 1. The van der Waals surface area contributed by atoms with Crippen molar-refractivity contribution < 1.29 is 9.47 Å². The average Bonchev–Trinajstić information content (AvgIpc) is 2.98. The van der Waals surface area contributed by atoms with Crippen molar-refractivity contribution in [1.29, 1.82) is 5.26 Å². The summed E-state index contributed by atoms with van der Waals surface area (Å²) in [5, 5.41) is 9.69. The van der Waals surface area contributed by atoms with Crippen LogP contribution in [0.1, 0.15) is 18.3 Å². The second-order valence-corrected chi connectivity index (χ2v) is 6.47. The number of halogens is 1. The third-order valence-corrected chi connectivity index (χ3v) is 4.59. The van der Waals surface area contributed by atoms with E-state index in [1.165, 1.54) is 0 Å². The molecule has 0 amide bonds. The van der Waals surface area contributed by atoms with E-state index in [0.717, 1.165) is 21.1 Å². The van der Waals surface area contributed by atoms with Gasteiger partial charge in [0.05, 0.1) is 34.8 Å². The first-order chi connectivity index (χ1) is 12.6. The summed E-state index contributed by atoms with van der Waals surface area (Å²) in [7, 11) is 3.50. The Labute approximate surface area is 160 Å². The van der Waals surface area contributed by atoms with E-state index in [9.17, 15) is 5.26 Å². The molecular formula is C20H18BrN3O2. The Kier molecular flexibility index (Phi) is 5.29. The highest BCUT2D eigenvalue weighted by atomic mass is 79.9. The van der Waals surface area contributed by atoms with Gasteiger partial charge >= 0.3 is 0 Å². The summed E-state index contributed by atoms with van der Waals surface area (Å²) in [6, 6.07) is 13.8. The smallest absolute Gasteiger partial charge is 0.175 e. The number of aromatic nitrogens is 2. The SMILES string of the molecule is CCOc1c(Br)cc(/C=C(\C#N)c2nc3ccccc3n2C)cc1OC. The molecule has 0 spiro atoms. The van der Waals surface area contributed by atoms with Crippen LogP contribution >= 0.6 is 15.9 Å². The Bertz CT molecular complexity index is 1030. The number of allylic oxidation sites excluding steroid dienone is 1. The summed E-state index contributed by atoms with van der Waals surface area (Å²) < 4.78 is 13.7. The molecule has 0 bridgehead atoms. The summed E-state index contributed by atoms with van der Waals surface area (Å²) in [4.78, 5) is 4.60. The molecule has 0 unspecified atom stereocenters. The zero-order chi connectivity index (χ0) is 18.7. The van der Waals surface area contributed by atoms with Crippen LogP contribution in [0.4, 0.5) is 0 Å². The quantitative estimate of drug-likeness (QED) is 0.565. The second-order valence-electron chi connectivity index (χ2n) is 5.62. The highest BCUT2D eigenvalue weighted by molar-refractivity contribution is 9.10. The van der Waals surface area contributed by atoms with Crippen molar-refractivity contribution >= 4 is 38.6 Å². The largest absolute Gasteiger partial charge is 0.493 e. The molecule has 0 aliphatic rings. The molecule has 0 N–H and O–H groups in total. The standard InChI is InChI=1S/C20H18BrN3O2/c1-4-26-19-15(21)10-13(11-18(19)25-3)9-14(12-22)20-23-16-7-5-6-8-17(16)24(20)2/h5-11H,4H2,1-3H3/b14-9+. The van der Waals surface area contributed by atoms with Crippen molar-refractivity contribution in [3.63, 3.8) is 0 Å². The van der Waals surface area contributed by atoms with Gasteiger partial charge in [-0.05, 0) is 58.8 Å². The lowest BCUT2D eigenvalue weighted by Gasteiger charge is -2.12. The number of fused-ring (bicyclic) bond motifs is 1. The third kappa shape index (κ3) is 3.31. The number of para-hydroxylation sites is 2. The van der Waals surface area contributed by atoms with Crippen molar-refractivity contribution in [2.45, 2.75) is 6.92 Å². The number of aryl methyl sites for hydroxylation is 1. The lowest BCUT2D eigenvalue weighted by Crippen LogP contribution is -1.98. The van der Waals surface area contributed by atoms with Crippen LogP contribution in [0, 0.1) is 11.3 Å². The molecule has 0 atom stereocenters. The van der Waals surface area contributed by atoms with Crippen LogP contribution < -0.4 is 9.47 Å². The minimum Gasteiger partial charge on any atom is -0.493 e. The van der Waals surface area contributed by atoms with Gasteiger partial charge in [0.1, 0.15) is 6.07 Å². The monoisotopic (exact) mass is 411 g/mol. The molecule has 2 aromatic carbocycles. The van der Waals surface area contributed by atoms with Crippen LogP contribution in [0.3, 0.4) is 0 Å². The number of imidazole rings is 1. The normalized spacial score (nSPS) is 11.4. The summed E-state index contributed by atoms with van der Waals surface area (Å²) in [5.41, 5.74) is 3.13.